The predicted molar refractivity (Wildman–Crippen MR) is 92.8 cm³/mol. The van der Waals surface area contributed by atoms with Crippen molar-refractivity contribution in [2.75, 3.05) is 13.1 Å². The highest BCUT2D eigenvalue weighted by Crippen LogP contribution is 2.36. The largest absolute Gasteiger partial charge is 0.354 e. The van der Waals surface area contributed by atoms with Gasteiger partial charge in [0.1, 0.15) is 11.6 Å². The molecule has 1 N–H and O–H groups in total. The van der Waals surface area contributed by atoms with Crippen molar-refractivity contribution in [2.24, 2.45) is 7.05 Å². The summed E-state index contributed by atoms with van der Waals surface area (Å²) in [6.07, 6.45) is 5.69. The summed E-state index contributed by atoms with van der Waals surface area (Å²) in [4.78, 5) is 17.7. The number of nitrogens with one attached hydrogen (secondary N) is 1. The Morgan fingerprint density at radius 2 is 2.08 bits per heavy atom. The van der Waals surface area contributed by atoms with Crippen molar-refractivity contribution < 1.29 is 4.79 Å². The standard InChI is InChI=1S/C18H24N6O/c1-12(25)20-16-6-14(7-16)18-22-21-17(23(18)2)11-24-9-15(10-24)13-4-3-5-19-8-13/h3-5,8,14-16H,6-7,9-11H2,1-2H3,(H,20,25). The van der Waals surface area contributed by atoms with Crippen molar-refractivity contribution >= 4 is 5.91 Å². The average molecular weight is 340 g/mol. The number of rotatable bonds is 5. The molecule has 1 saturated heterocycles. The molecule has 4 rings (SSSR count). The average Bonchev–Trinajstić information content (AvgIpc) is 2.87. The molecule has 0 aromatic carbocycles. The number of amides is 1. The third-order valence-electron chi connectivity index (χ3n) is 5.39. The summed E-state index contributed by atoms with van der Waals surface area (Å²) in [5.74, 6) is 3.08. The van der Waals surface area contributed by atoms with Gasteiger partial charge in [-0.2, -0.15) is 0 Å². The predicted octanol–water partition coefficient (Wildman–Crippen LogP) is 1.19. The highest BCUT2D eigenvalue weighted by molar-refractivity contribution is 5.73. The number of aromatic nitrogens is 4. The molecule has 7 nitrogen and oxygen atoms in total. The fourth-order valence-electron chi connectivity index (χ4n) is 3.83. The highest BCUT2D eigenvalue weighted by Gasteiger charge is 2.35. The van der Waals surface area contributed by atoms with Crippen molar-refractivity contribution in [3.63, 3.8) is 0 Å². The summed E-state index contributed by atoms with van der Waals surface area (Å²) in [6.45, 7) is 4.49. The third kappa shape index (κ3) is 3.28. The van der Waals surface area contributed by atoms with Gasteiger partial charge in [0.2, 0.25) is 5.91 Å². The number of likely N-dealkylation sites (tertiary alicyclic amines) is 1. The van der Waals surface area contributed by atoms with E-state index in [1.807, 2.05) is 18.5 Å². The quantitative estimate of drug-likeness (QED) is 0.885. The fraction of sp³-hybridized carbons (Fsp3) is 0.556. The Morgan fingerprint density at radius 3 is 2.76 bits per heavy atom. The van der Waals surface area contributed by atoms with E-state index in [1.54, 1.807) is 6.92 Å². The van der Waals surface area contributed by atoms with Crippen LogP contribution in [-0.2, 0) is 18.4 Å². The van der Waals surface area contributed by atoms with Crippen LogP contribution in [0, 0.1) is 0 Å². The Labute approximate surface area is 147 Å². The second-order valence-electron chi connectivity index (χ2n) is 7.28. The number of hydrogen-bond acceptors (Lipinski definition) is 5. The van der Waals surface area contributed by atoms with Crippen molar-refractivity contribution in [1.29, 1.82) is 0 Å². The maximum atomic E-state index is 11.1. The van der Waals surface area contributed by atoms with Gasteiger partial charge in [-0.1, -0.05) is 6.07 Å². The molecule has 2 aromatic rings. The Morgan fingerprint density at radius 1 is 1.28 bits per heavy atom. The Hall–Kier alpha value is -2.28. The maximum absolute atomic E-state index is 11.1. The number of carbonyl (C=O) groups is 1. The molecule has 132 valence electrons. The van der Waals surface area contributed by atoms with Crippen molar-refractivity contribution in [3.05, 3.63) is 41.7 Å². The molecule has 0 radical (unpaired) electrons. The van der Waals surface area contributed by atoms with Crippen LogP contribution in [0.25, 0.3) is 0 Å². The summed E-state index contributed by atoms with van der Waals surface area (Å²) < 4.78 is 2.13. The maximum Gasteiger partial charge on any atom is 0.217 e. The minimum atomic E-state index is 0.0445. The molecule has 1 aliphatic carbocycles. The minimum absolute atomic E-state index is 0.0445. The number of carbonyl (C=O) groups excluding carboxylic acids is 1. The Bertz CT molecular complexity index is 746. The van der Waals surface area contributed by atoms with Crippen molar-refractivity contribution in [2.45, 2.75) is 44.2 Å². The molecule has 0 atom stereocenters. The zero-order valence-electron chi connectivity index (χ0n) is 14.7. The molecular weight excluding hydrogens is 316 g/mol. The molecule has 0 spiro atoms. The first kappa shape index (κ1) is 16.2. The monoisotopic (exact) mass is 340 g/mol. The van der Waals surface area contributed by atoms with Gasteiger partial charge in [0.05, 0.1) is 6.54 Å². The Balaban J connectivity index is 1.30. The second kappa shape index (κ2) is 6.55. The summed E-state index contributed by atoms with van der Waals surface area (Å²) in [7, 11) is 2.05. The van der Waals surface area contributed by atoms with Crippen LogP contribution in [0.15, 0.2) is 24.5 Å². The van der Waals surface area contributed by atoms with E-state index >= 15 is 0 Å². The van der Waals surface area contributed by atoms with Gasteiger partial charge in [0, 0.05) is 57.3 Å². The summed E-state index contributed by atoms with van der Waals surface area (Å²) in [5.41, 5.74) is 1.32. The SMILES string of the molecule is CC(=O)NC1CC(c2nnc(CN3CC(c4cccnc4)C3)n2C)C1. The van der Waals surface area contributed by atoms with Gasteiger partial charge in [-0.3, -0.25) is 14.7 Å². The lowest BCUT2D eigenvalue weighted by Gasteiger charge is -2.39. The zero-order chi connectivity index (χ0) is 17.4. The van der Waals surface area contributed by atoms with Gasteiger partial charge in [0.15, 0.2) is 0 Å². The summed E-state index contributed by atoms with van der Waals surface area (Å²) >= 11 is 0. The van der Waals surface area contributed by atoms with Gasteiger partial charge >= 0.3 is 0 Å². The van der Waals surface area contributed by atoms with Crippen LogP contribution in [-0.4, -0.2) is 49.7 Å². The number of nitrogens with zero attached hydrogens (tertiary/aromatic N) is 5. The van der Waals surface area contributed by atoms with E-state index in [0.717, 1.165) is 44.1 Å². The Kier molecular flexibility index (Phi) is 4.25. The van der Waals surface area contributed by atoms with E-state index in [9.17, 15) is 4.79 Å². The topological polar surface area (TPSA) is 75.9 Å². The first-order valence-corrected chi connectivity index (χ1v) is 8.87. The van der Waals surface area contributed by atoms with Crippen molar-refractivity contribution in [3.8, 4) is 0 Å². The normalized spacial score (nSPS) is 23.8. The lowest BCUT2D eigenvalue weighted by Crippen LogP contribution is -2.44. The van der Waals surface area contributed by atoms with Gasteiger partial charge in [-0.15, -0.1) is 10.2 Å². The smallest absolute Gasteiger partial charge is 0.217 e. The van der Waals surface area contributed by atoms with Crippen LogP contribution < -0.4 is 5.32 Å². The molecule has 0 unspecified atom stereocenters. The summed E-state index contributed by atoms with van der Waals surface area (Å²) in [6, 6.07) is 4.44. The van der Waals surface area contributed by atoms with Gasteiger partial charge < -0.3 is 9.88 Å². The molecule has 2 aliphatic rings. The van der Waals surface area contributed by atoms with Crippen LogP contribution in [0.5, 0.6) is 0 Å². The molecule has 7 heteroatoms. The minimum Gasteiger partial charge on any atom is -0.354 e. The zero-order valence-corrected chi connectivity index (χ0v) is 14.7. The molecule has 1 amide bonds. The van der Waals surface area contributed by atoms with Gasteiger partial charge in [-0.05, 0) is 24.5 Å². The number of hydrogen-bond donors (Lipinski definition) is 1. The van der Waals surface area contributed by atoms with Gasteiger partial charge in [-0.25, -0.2) is 0 Å². The van der Waals surface area contributed by atoms with Crippen LogP contribution in [0.1, 0.15) is 48.8 Å². The van der Waals surface area contributed by atoms with Gasteiger partial charge in [0.25, 0.3) is 0 Å². The second-order valence-corrected chi connectivity index (χ2v) is 7.28. The molecule has 0 bridgehead atoms. The lowest BCUT2D eigenvalue weighted by atomic mass is 9.79. The van der Waals surface area contributed by atoms with E-state index in [-0.39, 0.29) is 5.91 Å². The van der Waals surface area contributed by atoms with Crippen LogP contribution >= 0.6 is 0 Å². The number of pyridine rings is 1. The first-order chi connectivity index (χ1) is 12.1. The third-order valence-corrected chi connectivity index (χ3v) is 5.39. The molecule has 1 aliphatic heterocycles. The van der Waals surface area contributed by atoms with E-state index in [1.165, 1.54) is 5.56 Å². The molecular formula is C18H24N6O. The fourth-order valence-corrected chi connectivity index (χ4v) is 3.83. The first-order valence-electron chi connectivity index (χ1n) is 8.87. The van der Waals surface area contributed by atoms with Crippen LogP contribution in [0.4, 0.5) is 0 Å². The van der Waals surface area contributed by atoms with E-state index in [4.69, 9.17) is 0 Å². The molecule has 2 aromatic heterocycles. The highest BCUT2D eigenvalue weighted by atomic mass is 16.1. The molecule has 1 saturated carbocycles. The van der Waals surface area contributed by atoms with Crippen molar-refractivity contribution in [1.82, 2.24) is 30.0 Å². The molecule has 3 heterocycles. The van der Waals surface area contributed by atoms with E-state index in [0.29, 0.717) is 17.9 Å². The van der Waals surface area contributed by atoms with E-state index < -0.39 is 0 Å². The van der Waals surface area contributed by atoms with E-state index in [2.05, 4.69) is 43.1 Å². The molecule has 2 fully saturated rings. The molecule has 25 heavy (non-hydrogen) atoms. The lowest BCUT2D eigenvalue weighted by molar-refractivity contribution is -0.120. The summed E-state index contributed by atoms with van der Waals surface area (Å²) in [5, 5.41) is 11.8. The van der Waals surface area contributed by atoms with Crippen LogP contribution in [0.3, 0.4) is 0 Å². The van der Waals surface area contributed by atoms with Crippen LogP contribution in [0.2, 0.25) is 0 Å².